The number of benzene rings is 1. The summed E-state index contributed by atoms with van der Waals surface area (Å²) < 4.78 is 0. The maximum Gasteiger partial charge on any atom is 0.0969 e. The van der Waals surface area contributed by atoms with E-state index in [1.807, 2.05) is 43.3 Å². The average molecular weight is 476 g/mol. The molecule has 5 nitrogen and oxygen atoms in total. The van der Waals surface area contributed by atoms with Crippen LogP contribution in [-0.2, 0) is 0 Å². The summed E-state index contributed by atoms with van der Waals surface area (Å²) in [5, 5.41) is 6.71. The number of hydrogen-bond acceptors (Lipinski definition) is 6. The van der Waals surface area contributed by atoms with Crippen molar-refractivity contribution in [1.29, 1.82) is 0 Å². The fraction of sp³-hybridized carbons (Fsp3) is 0.321. The molecule has 0 atom stereocenters. The molecule has 3 N–H and O–H groups in total. The summed E-state index contributed by atoms with van der Waals surface area (Å²) in [6, 6.07) is 10.5. The van der Waals surface area contributed by atoms with Crippen LogP contribution in [0, 0.1) is 0 Å². The van der Waals surface area contributed by atoms with Gasteiger partial charge in [0.25, 0.3) is 0 Å². The van der Waals surface area contributed by atoms with Crippen molar-refractivity contribution in [1.82, 2.24) is 20.2 Å². The molecule has 0 spiro atoms. The summed E-state index contributed by atoms with van der Waals surface area (Å²) in [7, 11) is 4.01. The van der Waals surface area contributed by atoms with Crippen molar-refractivity contribution in [3.63, 3.8) is 0 Å². The number of nitrogens with one attached hydrogen (secondary N) is 1. The summed E-state index contributed by atoms with van der Waals surface area (Å²) in [5.41, 5.74) is 7.29. The molecule has 1 aliphatic rings. The lowest BCUT2D eigenvalue weighted by molar-refractivity contribution is 0.282. The molecule has 2 aromatic rings. The number of pyridine rings is 1. The molecule has 1 fully saturated rings. The van der Waals surface area contributed by atoms with Crippen molar-refractivity contribution in [3.8, 4) is 0 Å². The molecule has 2 heterocycles. The normalized spacial score (nSPS) is 15.8. The van der Waals surface area contributed by atoms with E-state index in [2.05, 4.69) is 79.6 Å². The fourth-order valence-electron chi connectivity index (χ4n) is 4.03. The first-order chi connectivity index (χ1) is 16.2. The first-order valence-corrected chi connectivity index (χ1v) is 12.5. The van der Waals surface area contributed by atoms with E-state index in [1.54, 1.807) is 5.01 Å². The molecular formula is C28H37N5S. The zero-order valence-electron chi connectivity index (χ0n) is 20.8. The average Bonchev–Trinajstić information content (AvgIpc) is 2.80. The van der Waals surface area contributed by atoms with Crippen LogP contribution in [0.15, 0.2) is 66.6 Å². The molecule has 0 saturated carbocycles. The van der Waals surface area contributed by atoms with Crippen LogP contribution in [0.4, 0.5) is 0 Å². The van der Waals surface area contributed by atoms with E-state index < -0.39 is 0 Å². The maximum atomic E-state index is 5.79. The SMILES string of the molecule is C=Cc1ccc(/C(C)=C/N(C)N)cc1/C=C(\C)NC(=C)c1ccnc(SC2CCN(C)CC2)c1. The Labute approximate surface area is 209 Å². The van der Waals surface area contributed by atoms with Gasteiger partial charge in [0.1, 0.15) is 0 Å². The minimum atomic E-state index is 0.628. The molecule has 6 heteroatoms. The van der Waals surface area contributed by atoms with Gasteiger partial charge in [0, 0.05) is 41.7 Å². The summed E-state index contributed by atoms with van der Waals surface area (Å²) in [5.74, 6) is 5.79. The number of aromatic nitrogens is 1. The molecule has 0 bridgehead atoms. The molecule has 34 heavy (non-hydrogen) atoms. The molecule has 180 valence electrons. The number of nitrogens with zero attached hydrogens (tertiary/aromatic N) is 3. The number of likely N-dealkylation sites (tertiary alicyclic amines) is 1. The van der Waals surface area contributed by atoms with Gasteiger partial charge in [-0.2, -0.15) is 0 Å². The van der Waals surface area contributed by atoms with Crippen LogP contribution in [0.5, 0.6) is 0 Å². The van der Waals surface area contributed by atoms with Crippen LogP contribution in [-0.4, -0.2) is 47.3 Å². The summed E-state index contributed by atoms with van der Waals surface area (Å²) in [4.78, 5) is 6.98. The van der Waals surface area contributed by atoms with Crippen molar-refractivity contribution in [2.24, 2.45) is 5.84 Å². The van der Waals surface area contributed by atoms with Gasteiger partial charge in [-0.1, -0.05) is 31.4 Å². The number of thioether (sulfide) groups is 1. The number of rotatable bonds is 9. The highest BCUT2D eigenvalue weighted by Crippen LogP contribution is 2.30. The van der Waals surface area contributed by atoms with E-state index in [1.165, 1.54) is 12.8 Å². The maximum absolute atomic E-state index is 5.79. The van der Waals surface area contributed by atoms with Crippen LogP contribution >= 0.6 is 11.8 Å². The second-order valence-corrected chi connectivity index (χ2v) is 10.3. The third kappa shape index (κ3) is 7.35. The number of nitrogens with two attached hydrogens (primary N) is 1. The smallest absolute Gasteiger partial charge is 0.0969 e. The van der Waals surface area contributed by atoms with E-state index in [0.29, 0.717) is 5.25 Å². The topological polar surface area (TPSA) is 57.4 Å². The number of hydrazine groups is 1. The van der Waals surface area contributed by atoms with Gasteiger partial charge in [-0.25, -0.2) is 10.8 Å². The van der Waals surface area contributed by atoms with Crippen LogP contribution in [0.25, 0.3) is 23.4 Å². The van der Waals surface area contributed by atoms with Crippen LogP contribution < -0.4 is 11.2 Å². The van der Waals surface area contributed by atoms with Crippen molar-refractivity contribution < 1.29 is 0 Å². The Morgan fingerprint density at radius 1 is 1.18 bits per heavy atom. The monoisotopic (exact) mass is 475 g/mol. The minimum absolute atomic E-state index is 0.628. The standard InChI is InChI=1S/C28H37N5S/c1-7-23-8-9-24(20(2)19-33(6)29)17-26(23)16-21(3)31-22(4)25-10-13-30-28(18-25)34-27-11-14-32(5)15-12-27/h7-10,13,16-19,27,31H,1,4,11-12,14-15,29H2,2-3,5-6H3/b20-19+,21-16+. The highest BCUT2D eigenvalue weighted by molar-refractivity contribution is 7.99. The Morgan fingerprint density at radius 3 is 2.59 bits per heavy atom. The van der Waals surface area contributed by atoms with Gasteiger partial charge in [0.2, 0.25) is 0 Å². The number of hydrogen-bond donors (Lipinski definition) is 2. The van der Waals surface area contributed by atoms with Gasteiger partial charge in [-0.3, -0.25) is 0 Å². The van der Waals surface area contributed by atoms with Gasteiger partial charge in [-0.05, 0) is 93.4 Å². The third-order valence-electron chi connectivity index (χ3n) is 5.92. The van der Waals surface area contributed by atoms with E-state index >= 15 is 0 Å². The quantitative estimate of drug-likeness (QED) is 0.358. The predicted octanol–water partition coefficient (Wildman–Crippen LogP) is 5.70. The van der Waals surface area contributed by atoms with Gasteiger partial charge >= 0.3 is 0 Å². The van der Waals surface area contributed by atoms with Crippen LogP contribution in [0.3, 0.4) is 0 Å². The Kier molecular flexibility index (Phi) is 9.16. The summed E-state index contributed by atoms with van der Waals surface area (Å²) >= 11 is 1.88. The van der Waals surface area contributed by atoms with Gasteiger partial charge < -0.3 is 15.2 Å². The molecular weight excluding hydrogens is 438 g/mol. The van der Waals surface area contributed by atoms with Gasteiger partial charge in [-0.15, -0.1) is 11.8 Å². The highest BCUT2D eigenvalue weighted by atomic mass is 32.2. The van der Waals surface area contributed by atoms with Crippen molar-refractivity contribution in [2.45, 2.75) is 37.0 Å². The molecule has 3 rings (SSSR count). The lowest BCUT2D eigenvalue weighted by atomic mass is 9.99. The molecule has 1 aliphatic heterocycles. The lowest BCUT2D eigenvalue weighted by Gasteiger charge is -2.28. The Hall–Kier alpha value is -2.80. The van der Waals surface area contributed by atoms with E-state index in [4.69, 9.17) is 5.84 Å². The highest BCUT2D eigenvalue weighted by Gasteiger charge is 2.18. The summed E-state index contributed by atoms with van der Waals surface area (Å²) in [6.07, 6.45) is 10.2. The second kappa shape index (κ2) is 12.1. The van der Waals surface area contributed by atoms with Crippen molar-refractivity contribution in [2.75, 3.05) is 27.2 Å². The Bertz CT molecular complexity index is 1080. The molecule has 1 aromatic heterocycles. The van der Waals surface area contributed by atoms with Crippen molar-refractivity contribution in [3.05, 3.63) is 83.8 Å². The largest absolute Gasteiger partial charge is 0.359 e. The molecule has 1 saturated heterocycles. The Morgan fingerprint density at radius 2 is 1.91 bits per heavy atom. The molecule has 0 amide bonds. The molecule has 0 aliphatic carbocycles. The van der Waals surface area contributed by atoms with E-state index in [-0.39, 0.29) is 0 Å². The molecule has 0 unspecified atom stereocenters. The Balaban J connectivity index is 1.73. The second-order valence-electron chi connectivity index (χ2n) is 8.96. The van der Waals surface area contributed by atoms with E-state index in [9.17, 15) is 0 Å². The van der Waals surface area contributed by atoms with Gasteiger partial charge in [0.15, 0.2) is 0 Å². The van der Waals surface area contributed by atoms with Crippen LogP contribution in [0.2, 0.25) is 0 Å². The first-order valence-electron chi connectivity index (χ1n) is 11.6. The van der Waals surface area contributed by atoms with Gasteiger partial charge in [0.05, 0.1) is 5.03 Å². The van der Waals surface area contributed by atoms with E-state index in [0.717, 1.165) is 57.3 Å². The third-order valence-corrected chi connectivity index (χ3v) is 7.19. The lowest BCUT2D eigenvalue weighted by Crippen LogP contribution is -2.31. The fourth-order valence-corrected chi connectivity index (χ4v) is 5.13. The molecule has 0 radical (unpaired) electrons. The zero-order chi connectivity index (χ0) is 24.7. The minimum Gasteiger partial charge on any atom is -0.359 e. The summed E-state index contributed by atoms with van der Waals surface area (Å²) in [6.45, 7) is 14.7. The predicted molar refractivity (Wildman–Crippen MR) is 149 cm³/mol. The number of allylic oxidation sites excluding steroid dienone is 2. The van der Waals surface area contributed by atoms with Crippen LogP contribution in [0.1, 0.15) is 48.9 Å². The number of piperidine rings is 1. The first kappa shape index (κ1) is 25.8. The zero-order valence-corrected chi connectivity index (χ0v) is 21.7. The molecule has 1 aromatic carbocycles. The van der Waals surface area contributed by atoms with Crippen molar-refractivity contribution >= 4 is 35.2 Å².